The number of hydrogen-bond acceptors (Lipinski definition) is 2. The fourth-order valence-electron chi connectivity index (χ4n) is 3.71. The van der Waals surface area contributed by atoms with E-state index in [1.54, 1.807) is 0 Å². The van der Waals surface area contributed by atoms with Crippen LogP contribution < -0.4 is 0 Å². The lowest BCUT2D eigenvalue weighted by atomic mass is 9.84. The molecule has 0 aromatic heterocycles. The average molecular weight is 317 g/mol. The molecule has 1 heterocycles. The highest BCUT2D eigenvalue weighted by atomic mass is 16.3. The van der Waals surface area contributed by atoms with Crippen LogP contribution in [-0.2, 0) is 12.1 Å². The van der Waals surface area contributed by atoms with E-state index in [0.717, 1.165) is 38.0 Å². The van der Waals surface area contributed by atoms with Crippen molar-refractivity contribution in [1.82, 2.24) is 4.90 Å². The van der Waals surface area contributed by atoms with Gasteiger partial charge in [0.1, 0.15) is 0 Å². The van der Waals surface area contributed by atoms with Crippen LogP contribution in [0.3, 0.4) is 0 Å². The SMILES string of the molecule is OC1(c2ccccc2)CCN(Cc2ccc3ccccc3c2)CC1. The number of fused-ring (bicyclic) bond motifs is 1. The molecule has 0 atom stereocenters. The zero-order valence-electron chi connectivity index (χ0n) is 13.9. The molecule has 0 saturated carbocycles. The van der Waals surface area contributed by atoms with E-state index in [2.05, 4.69) is 47.4 Å². The molecule has 0 amide bonds. The summed E-state index contributed by atoms with van der Waals surface area (Å²) in [5, 5.41) is 13.5. The van der Waals surface area contributed by atoms with E-state index in [1.165, 1.54) is 16.3 Å². The Morgan fingerprint density at radius 1 is 0.792 bits per heavy atom. The molecule has 2 heteroatoms. The van der Waals surface area contributed by atoms with Crippen molar-refractivity contribution >= 4 is 10.8 Å². The maximum Gasteiger partial charge on any atom is 0.0920 e. The molecule has 1 N–H and O–H groups in total. The standard InChI is InChI=1S/C22H23NO/c24-22(21-8-2-1-3-9-21)12-14-23(15-13-22)17-18-10-11-19-6-4-5-7-20(19)16-18/h1-11,16,24H,12-15,17H2. The van der Waals surface area contributed by atoms with Crippen molar-refractivity contribution in [3.63, 3.8) is 0 Å². The van der Waals surface area contributed by atoms with Crippen LogP contribution in [-0.4, -0.2) is 23.1 Å². The molecular formula is C22H23NO. The zero-order valence-corrected chi connectivity index (χ0v) is 13.9. The summed E-state index contributed by atoms with van der Waals surface area (Å²) in [5.41, 5.74) is 1.73. The first-order valence-corrected chi connectivity index (χ1v) is 8.71. The Balaban J connectivity index is 1.44. The first-order chi connectivity index (χ1) is 11.7. The van der Waals surface area contributed by atoms with Gasteiger partial charge >= 0.3 is 0 Å². The smallest absolute Gasteiger partial charge is 0.0920 e. The van der Waals surface area contributed by atoms with Crippen molar-refractivity contribution in [3.8, 4) is 0 Å². The second kappa shape index (κ2) is 6.39. The Labute approximate surface area is 143 Å². The molecule has 2 nitrogen and oxygen atoms in total. The van der Waals surface area contributed by atoms with E-state index in [-0.39, 0.29) is 0 Å². The van der Waals surface area contributed by atoms with Gasteiger partial charge in [0.05, 0.1) is 5.60 Å². The molecule has 24 heavy (non-hydrogen) atoms. The normalized spacial score (nSPS) is 17.9. The number of hydrogen-bond donors (Lipinski definition) is 1. The van der Waals surface area contributed by atoms with Crippen LogP contribution in [0.5, 0.6) is 0 Å². The van der Waals surface area contributed by atoms with Gasteiger partial charge in [0.2, 0.25) is 0 Å². The quantitative estimate of drug-likeness (QED) is 0.777. The maximum absolute atomic E-state index is 10.9. The van der Waals surface area contributed by atoms with Gasteiger partial charge in [-0.2, -0.15) is 0 Å². The number of aliphatic hydroxyl groups is 1. The zero-order chi connectivity index (χ0) is 16.4. The molecule has 0 aliphatic carbocycles. The predicted molar refractivity (Wildman–Crippen MR) is 98.8 cm³/mol. The van der Waals surface area contributed by atoms with Gasteiger partial charge in [-0.25, -0.2) is 0 Å². The van der Waals surface area contributed by atoms with Gasteiger partial charge in [0.15, 0.2) is 0 Å². The van der Waals surface area contributed by atoms with E-state index in [9.17, 15) is 5.11 Å². The summed E-state index contributed by atoms with van der Waals surface area (Å²) >= 11 is 0. The van der Waals surface area contributed by atoms with Crippen LogP contribution in [0.15, 0.2) is 72.8 Å². The van der Waals surface area contributed by atoms with E-state index in [4.69, 9.17) is 0 Å². The minimum Gasteiger partial charge on any atom is -0.385 e. The van der Waals surface area contributed by atoms with E-state index < -0.39 is 5.60 Å². The van der Waals surface area contributed by atoms with Crippen molar-refractivity contribution in [1.29, 1.82) is 0 Å². The molecule has 1 fully saturated rings. The van der Waals surface area contributed by atoms with Gasteiger partial charge in [-0.3, -0.25) is 4.90 Å². The second-order valence-electron chi connectivity index (χ2n) is 6.86. The number of rotatable bonds is 3. The molecule has 0 unspecified atom stereocenters. The van der Waals surface area contributed by atoms with Gasteiger partial charge in [0, 0.05) is 19.6 Å². The van der Waals surface area contributed by atoms with Crippen molar-refractivity contribution in [3.05, 3.63) is 83.9 Å². The van der Waals surface area contributed by atoms with Crippen LogP contribution >= 0.6 is 0 Å². The Morgan fingerprint density at radius 3 is 2.21 bits per heavy atom. The summed E-state index contributed by atoms with van der Waals surface area (Å²) in [6, 6.07) is 25.3. The molecule has 1 saturated heterocycles. The van der Waals surface area contributed by atoms with Crippen LogP contribution in [0.4, 0.5) is 0 Å². The summed E-state index contributed by atoms with van der Waals surface area (Å²) in [7, 11) is 0. The van der Waals surface area contributed by atoms with Crippen LogP contribution in [0.25, 0.3) is 10.8 Å². The fourth-order valence-corrected chi connectivity index (χ4v) is 3.71. The monoisotopic (exact) mass is 317 g/mol. The van der Waals surface area contributed by atoms with E-state index >= 15 is 0 Å². The largest absolute Gasteiger partial charge is 0.385 e. The second-order valence-corrected chi connectivity index (χ2v) is 6.86. The van der Waals surface area contributed by atoms with Crippen LogP contribution in [0.1, 0.15) is 24.0 Å². The molecule has 122 valence electrons. The van der Waals surface area contributed by atoms with E-state index in [0.29, 0.717) is 0 Å². The Bertz CT molecular complexity index is 820. The number of piperidine rings is 1. The summed E-state index contributed by atoms with van der Waals surface area (Å²) < 4.78 is 0. The summed E-state index contributed by atoms with van der Waals surface area (Å²) in [6.45, 7) is 2.81. The van der Waals surface area contributed by atoms with Gasteiger partial charge in [-0.1, -0.05) is 66.7 Å². The minimum absolute atomic E-state index is 0.666. The highest BCUT2D eigenvalue weighted by Gasteiger charge is 2.33. The summed E-state index contributed by atoms with van der Waals surface area (Å²) in [6.07, 6.45) is 1.59. The van der Waals surface area contributed by atoms with Gasteiger partial charge < -0.3 is 5.11 Å². The molecule has 0 radical (unpaired) electrons. The Hall–Kier alpha value is -2.16. The highest BCUT2D eigenvalue weighted by molar-refractivity contribution is 5.82. The lowest BCUT2D eigenvalue weighted by Crippen LogP contribution is -2.42. The summed E-state index contributed by atoms with van der Waals surface area (Å²) in [5.74, 6) is 0. The maximum atomic E-state index is 10.9. The predicted octanol–water partition coefficient (Wildman–Crippen LogP) is 4.32. The van der Waals surface area contributed by atoms with Gasteiger partial charge in [0.25, 0.3) is 0 Å². The topological polar surface area (TPSA) is 23.5 Å². The van der Waals surface area contributed by atoms with Crippen LogP contribution in [0, 0.1) is 0 Å². The third-order valence-corrected chi connectivity index (χ3v) is 5.21. The minimum atomic E-state index is -0.666. The third-order valence-electron chi connectivity index (χ3n) is 5.21. The van der Waals surface area contributed by atoms with Crippen molar-refractivity contribution < 1.29 is 5.11 Å². The molecule has 3 aromatic rings. The number of nitrogens with zero attached hydrogens (tertiary/aromatic N) is 1. The summed E-state index contributed by atoms with van der Waals surface area (Å²) in [4.78, 5) is 2.45. The lowest BCUT2D eigenvalue weighted by molar-refractivity contribution is -0.0277. The first kappa shape index (κ1) is 15.4. The van der Waals surface area contributed by atoms with Crippen molar-refractivity contribution in [2.24, 2.45) is 0 Å². The van der Waals surface area contributed by atoms with Crippen molar-refractivity contribution in [2.75, 3.05) is 13.1 Å². The van der Waals surface area contributed by atoms with Gasteiger partial charge in [-0.15, -0.1) is 0 Å². The van der Waals surface area contributed by atoms with Crippen LogP contribution in [0.2, 0.25) is 0 Å². The molecule has 1 aliphatic heterocycles. The first-order valence-electron chi connectivity index (χ1n) is 8.71. The highest BCUT2D eigenvalue weighted by Crippen LogP contribution is 2.33. The lowest BCUT2D eigenvalue weighted by Gasteiger charge is -2.38. The number of benzene rings is 3. The Morgan fingerprint density at radius 2 is 1.46 bits per heavy atom. The molecule has 0 spiro atoms. The van der Waals surface area contributed by atoms with E-state index in [1.807, 2.05) is 30.3 Å². The molecule has 3 aromatic carbocycles. The number of likely N-dealkylation sites (tertiary alicyclic amines) is 1. The molecule has 0 bridgehead atoms. The molecule has 1 aliphatic rings. The van der Waals surface area contributed by atoms with Gasteiger partial charge in [-0.05, 0) is 40.8 Å². The fraction of sp³-hybridized carbons (Fsp3) is 0.273. The molecular weight excluding hydrogens is 294 g/mol. The third kappa shape index (κ3) is 3.08. The average Bonchev–Trinajstić information content (AvgIpc) is 2.64. The molecule has 4 rings (SSSR count). The Kier molecular flexibility index (Phi) is 4.09. The van der Waals surface area contributed by atoms with Crippen molar-refractivity contribution in [2.45, 2.75) is 25.0 Å².